The number of nitrogens with zero attached hydrogens (tertiary/aromatic N) is 1. The van der Waals surface area contributed by atoms with Gasteiger partial charge in [0.15, 0.2) is 0 Å². The second kappa shape index (κ2) is 5.04. The first kappa shape index (κ1) is 12.2. The molecule has 1 unspecified atom stereocenters. The molecule has 1 nitrogen and oxygen atoms in total. The lowest BCUT2D eigenvalue weighted by atomic mass is 10.00. The van der Waals surface area contributed by atoms with Crippen LogP contribution in [0.25, 0.3) is 0 Å². The van der Waals surface area contributed by atoms with Gasteiger partial charge in [0.25, 0.3) is 0 Å². The Kier molecular flexibility index (Phi) is 3.42. The van der Waals surface area contributed by atoms with Crippen LogP contribution in [-0.4, -0.2) is 11.4 Å². The fourth-order valence-corrected chi connectivity index (χ4v) is 3.84. The molecule has 0 fully saturated rings. The molecule has 3 rings (SSSR count). The van der Waals surface area contributed by atoms with Crippen LogP contribution >= 0.6 is 22.9 Å². The summed E-state index contributed by atoms with van der Waals surface area (Å²) in [5, 5.41) is 3.08. The van der Waals surface area contributed by atoms with E-state index < -0.39 is 0 Å². The van der Waals surface area contributed by atoms with Crippen molar-refractivity contribution in [2.45, 2.75) is 25.9 Å². The zero-order chi connectivity index (χ0) is 12.5. The Labute approximate surface area is 117 Å². The summed E-state index contributed by atoms with van der Waals surface area (Å²) in [6, 6.07) is 10.4. The molecule has 0 bridgehead atoms. The van der Waals surface area contributed by atoms with E-state index >= 15 is 0 Å². The SMILES string of the molecule is CC1CN(Cc2ccccc2Cl)Cc2ccsc21. The monoisotopic (exact) mass is 277 g/mol. The topological polar surface area (TPSA) is 3.24 Å². The lowest BCUT2D eigenvalue weighted by molar-refractivity contribution is 0.229. The maximum atomic E-state index is 6.23. The predicted molar refractivity (Wildman–Crippen MR) is 78.3 cm³/mol. The Morgan fingerprint density at radius 2 is 2.17 bits per heavy atom. The minimum Gasteiger partial charge on any atom is -0.294 e. The summed E-state index contributed by atoms with van der Waals surface area (Å²) in [7, 11) is 0. The van der Waals surface area contributed by atoms with Crippen molar-refractivity contribution in [3.05, 3.63) is 56.7 Å². The predicted octanol–water partition coefficient (Wildman–Crippen LogP) is 4.52. The fraction of sp³-hybridized carbons (Fsp3) is 0.333. The van der Waals surface area contributed by atoms with E-state index in [2.05, 4.69) is 35.4 Å². The van der Waals surface area contributed by atoms with Crippen LogP contribution in [0, 0.1) is 0 Å². The highest BCUT2D eigenvalue weighted by molar-refractivity contribution is 7.10. The van der Waals surface area contributed by atoms with Crippen molar-refractivity contribution in [1.29, 1.82) is 0 Å². The molecule has 1 aliphatic rings. The molecule has 0 radical (unpaired) electrons. The van der Waals surface area contributed by atoms with E-state index in [0.29, 0.717) is 5.92 Å². The molecule has 0 spiro atoms. The second-order valence-corrected chi connectivity index (χ2v) is 6.33. The normalized spacial score (nSPS) is 19.8. The first-order chi connectivity index (χ1) is 8.74. The van der Waals surface area contributed by atoms with Gasteiger partial charge in [0.2, 0.25) is 0 Å². The maximum Gasteiger partial charge on any atom is 0.0451 e. The van der Waals surface area contributed by atoms with Crippen molar-refractivity contribution in [1.82, 2.24) is 4.90 Å². The van der Waals surface area contributed by atoms with Gasteiger partial charge in [-0.15, -0.1) is 11.3 Å². The van der Waals surface area contributed by atoms with Gasteiger partial charge in [0, 0.05) is 35.5 Å². The number of rotatable bonds is 2. The number of hydrogen-bond acceptors (Lipinski definition) is 2. The van der Waals surface area contributed by atoms with Gasteiger partial charge >= 0.3 is 0 Å². The Morgan fingerprint density at radius 3 is 3.00 bits per heavy atom. The summed E-state index contributed by atoms with van der Waals surface area (Å²) in [6.07, 6.45) is 0. The van der Waals surface area contributed by atoms with Crippen LogP contribution in [0.4, 0.5) is 0 Å². The molecule has 94 valence electrons. The van der Waals surface area contributed by atoms with Gasteiger partial charge in [-0.1, -0.05) is 36.7 Å². The van der Waals surface area contributed by atoms with E-state index in [-0.39, 0.29) is 0 Å². The van der Waals surface area contributed by atoms with Crippen LogP contribution < -0.4 is 0 Å². The third-order valence-electron chi connectivity index (χ3n) is 3.51. The van der Waals surface area contributed by atoms with Crippen molar-refractivity contribution in [2.75, 3.05) is 6.54 Å². The standard InChI is InChI=1S/C15H16ClNS/c1-11-8-17(10-13-6-7-18-15(11)13)9-12-4-2-3-5-14(12)16/h2-7,11H,8-10H2,1H3. The molecule has 2 aromatic rings. The van der Waals surface area contributed by atoms with Gasteiger partial charge in [-0.2, -0.15) is 0 Å². The number of thiophene rings is 1. The summed E-state index contributed by atoms with van der Waals surface area (Å²) in [6.45, 7) is 5.43. The maximum absolute atomic E-state index is 6.23. The molecule has 0 amide bonds. The summed E-state index contributed by atoms with van der Waals surface area (Å²) in [5.41, 5.74) is 2.72. The molecule has 3 heteroatoms. The molecular weight excluding hydrogens is 262 g/mol. The molecule has 0 saturated heterocycles. The van der Waals surface area contributed by atoms with Gasteiger partial charge < -0.3 is 0 Å². The molecule has 1 atom stereocenters. The van der Waals surface area contributed by atoms with Gasteiger partial charge in [-0.05, 0) is 28.6 Å². The number of benzene rings is 1. The van der Waals surface area contributed by atoms with Crippen LogP contribution in [0.2, 0.25) is 5.02 Å². The average molecular weight is 278 g/mol. The first-order valence-corrected chi connectivity index (χ1v) is 7.52. The Balaban J connectivity index is 1.78. The molecule has 1 aromatic carbocycles. The van der Waals surface area contributed by atoms with E-state index in [9.17, 15) is 0 Å². The lowest BCUT2D eigenvalue weighted by Crippen LogP contribution is -2.31. The third-order valence-corrected chi connectivity index (χ3v) is 5.07. The van der Waals surface area contributed by atoms with Crippen LogP contribution in [-0.2, 0) is 13.1 Å². The summed E-state index contributed by atoms with van der Waals surface area (Å²) in [5.74, 6) is 0.635. The highest BCUT2D eigenvalue weighted by Gasteiger charge is 2.23. The highest BCUT2D eigenvalue weighted by atomic mass is 35.5. The van der Waals surface area contributed by atoms with Gasteiger partial charge in [-0.3, -0.25) is 4.90 Å². The van der Waals surface area contributed by atoms with Crippen molar-refractivity contribution >= 4 is 22.9 Å². The van der Waals surface area contributed by atoms with Gasteiger partial charge in [-0.25, -0.2) is 0 Å². The number of fused-ring (bicyclic) bond motifs is 1. The lowest BCUT2D eigenvalue weighted by Gasteiger charge is -2.31. The third kappa shape index (κ3) is 2.33. The minimum absolute atomic E-state index is 0.635. The Hall–Kier alpha value is -0.830. The summed E-state index contributed by atoms with van der Waals surface area (Å²) < 4.78 is 0. The zero-order valence-electron chi connectivity index (χ0n) is 10.4. The van der Waals surface area contributed by atoms with Crippen molar-refractivity contribution in [3.63, 3.8) is 0 Å². The molecule has 0 aliphatic carbocycles. The second-order valence-electron chi connectivity index (χ2n) is 4.97. The zero-order valence-corrected chi connectivity index (χ0v) is 12.0. The highest BCUT2D eigenvalue weighted by Crippen LogP contribution is 2.33. The van der Waals surface area contributed by atoms with Crippen molar-refractivity contribution < 1.29 is 0 Å². The van der Waals surface area contributed by atoms with Crippen LogP contribution in [0.5, 0.6) is 0 Å². The van der Waals surface area contributed by atoms with E-state index in [1.54, 1.807) is 4.88 Å². The molecule has 0 saturated carbocycles. The molecule has 1 aliphatic heterocycles. The molecule has 2 heterocycles. The molecule has 1 aromatic heterocycles. The first-order valence-electron chi connectivity index (χ1n) is 6.26. The molecular formula is C15H16ClNS. The van der Waals surface area contributed by atoms with Gasteiger partial charge in [0.05, 0.1) is 0 Å². The van der Waals surface area contributed by atoms with E-state index in [1.165, 1.54) is 11.1 Å². The van der Waals surface area contributed by atoms with Crippen molar-refractivity contribution in [2.24, 2.45) is 0 Å². The van der Waals surface area contributed by atoms with Crippen LogP contribution in [0.1, 0.15) is 28.8 Å². The van der Waals surface area contributed by atoms with Crippen molar-refractivity contribution in [3.8, 4) is 0 Å². The number of halogens is 1. The fourth-order valence-electron chi connectivity index (χ4n) is 2.67. The Morgan fingerprint density at radius 1 is 1.33 bits per heavy atom. The number of hydrogen-bond donors (Lipinski definition) is 0. The average Bonchev–Trinajstić information content (AvgIpc) is 2.81. The summed E-state index contributed by atoms with van der Waals surface area (Å²) in [4.78, 5) is 4.05. The quantitative estimate of drug-likeness (QED) is 0.780. The van der Waals surface area contributed by atoms with Crippen LogP contribution in [0.15, 0.2) is 35.7 Å². The smallest absolute Gasteiger partial charge is 0.0451 e. The molecule has 18 heavy (non-hydrogen) atoms. The van der Waals surface area contributed by atoms with Crippen LogP contribution in [0.3, 0.4) is 0 Å². The largest absolute Gasteiger partial charge is 0.294 e. The molecule has 0 N–H and O–H groups in total. The van der Waals surface area contributed by atoms with E-state index in [1.807, 2.05) is 23.5 Å². The summed E-state index contributed by atoms with van der Waals surface area (Å²) >= 11 is 8.13. The Bertz CT molecular complexity index is 549. The van der Waals surface area contributed by atoms with E-state index in [0.717, 1.165) is 24.7 Å². The van der Waals surface area contributed by atoms with E-state index in [4.69, 9.17) is 11.6 Å². The minimum atomic E-state index is 0.635. The van der Waals surface area contributed by atoms with Gasteiger partial charge in [0.1, 0.15) is 0 Å².